The Labute approximate surface area is 145 Å². The highest BCUT2D eigenvalue weighted by atomic mass is 35.5. The van der Waals surface area contributed by atoms with Crippen LogP contribution in [0.5, 0.6) is 0 Å². The number of carbonyl (C=O) groups excluding carboxylic acids is 1. The van der Waals surface area contributed by atoms with E-state index in [1.807, 2.05) is 0 Å². The zero-order chi connectivity index (χ0) is 18.5. The minimum Gasteiger partial charge on any atom is -0.336 e. The lowest BCUT2D eigenvalue weighted by Gasteiger charge is -2.33. The van der Waals surface area contributed by atoms with Crippen molar-refractivity contribution in [3.8, 4) is 0 Å². The van der Waals surface area contributed by atoms with E-state index in [0.29, 0.717) is 0 Å². The Morgan fingerprint density at radius 3 is 2.33 bits per heavy atom. The second-order valence-corrected chi connectivity index (χ2v) is 8.31. The summed E-state index contributed by atoms with van der Waals surface area (Å²) in [5, 5.41) is 12.1. The van der Waals surface area contributed by atoms with Gasteiger partial charge in [0.2, 0.25) is 0 Å². The van der Waals surface area contributed by atoms with Crippen molar-refractivity contribution >= 4 is 30.8 Å². The first-order valence-corrected chi connectivity index (χ1v) is 9.15. The molecule has 0 aliphatic heterocycles. The Balaban J connectivity index is 3.10. The van der Waals surface area contributed by atoms with Crippen LogP contribution in [-0.2, 0) is 13.6 Å². The van der Waals surface area contributed by atoms with E-state index in [9.17, 15) is 19.5 Å². The van der Waals surface area contributed by atoms with Gasteiger partial charge < -0.3 is 14.4 Å². The number of amides is 1. The van der Waals surface area contributed by atoms with Crippen molar-refractivity contribution in [3.63, 3.8) is 0 Å². The molecule has 0 atom stereocenters. The maximum absolute atomic E-state index is 12.8. The number of nitro benzene ring substituents is 1. The summed E-state index contributed by atoms with van der Waals surface area (Å²) in [4.78, 5) is 22.6. The predicted octanol–water partition coefficient (Wildman–Crippen LogP) is 3.98. The van der Waals surface area contributed by atoms with Crippen LogP contribution in [0.2, 0.25) is 5.02 Å². The molecule has 0 aromatic heterocycles. The molecule has 0 unspecified atom stereocenters. The highest BCUT2D eigenvalue weighted by Gasteiger charge is 2.44. The van der Waals surface area contributed by atoms with Crippen molar-refractivity contribution in [1.29, 1.82) is 0 Å². The molecule has 1 rings (SSSR count). The van der Waals surface area contributed by atoms with Gasteiger partial charge in [0.1, 0.15) is 10.3 Å². The summed E-state index contributed by atoms with van der Waals surface area (Å²) in [6.45, 7) is 6.60. The maximum atomic E-state index is 12.8. The van der Waals surface area contributed by atoms with Crippen molar-refractivity contribution in [2.75, 3.05) is 13.2 Å². The molecule has 1 aromatic rings. The van der Waals surface area contributed by atoms with E-state index >= 15 is 0 Å². The van der Waals surface area contributed by atoms with E-state index in [-0.39, 0.29) is 29.5 Å². The molecule has 0 aliphatic rings. The minimum absolute atomic E-state index is 0.0127. The van der Waals surface area contributed by atoms with Gasteiger partial charge in [0.25, 0.3) is 11.6 Å². The van der Waals surface area contributed by atoms with Crippen molar-refractivity contribution in [3.05, 3.63) is 38.9 Å². The van der Waals surface area contributed by atoms with Crippen LogP contribution in [0.15, 0.2) is 18.2 Å². The van der Waals surface area contributed by atoms with Gasteiger partial charge in [-0.15, -0.1) is 0 Å². The number of hydrogen-bond acceptors (Lipinski definition) is 6. The van der Waals surface area contributed by atoms with Gasteiger partial charge in [0.05, 0.1) is 18.1 Å². The Hall–Kier alpha value is -1.47. The molecule has 0 saturated carbocycles. The average Bonchev–Trinajstić information content (AvgIpc) is 2.47. The van der Waals surface area contributed by atoms with Crippen LogP contribution in [0.4, 0.5) is 5.69 Å². The van der Waals surface area contributed by atoms with Gasteiger partial charge in [-0.1, -0.05) is 11.6 Å². The molecular weight excluding hydrogens is 359 g/mol. The summed E-state index contributed by atoms with van der Waals surface area (Å²) >= 11 is 5.73. The predicted molar refractivity (Wildman–Crippen MR) is 90.5 cm³/mol. The van der Waals surface area contributed by atoms with Crippen LogP contribution >= 0.6 is 19.2 Å². The molecule has 0 fully saturated rings. The molecule has 1 N–H and O–H groups in total. The van der Waals surface area contributed by atoms with Gasteiger partial charge in [-0.05, 0) is 39.8 Å². The van der Waals surface area contributed by atoms with Crippen molar-refractivity contribution in [2.24, 2.45) is 0 Å². The fourth-order valence-corrected chi connectivity index (χ4v) is 3.74. The fraction of sp³-hybridized carbons (Fsp3) is 0.500. The third-order valence-corrected chi connectivity index (χ3v) is 6.10. The molecule has 0 heterocycles. The number of carbonyl (C=O) groups is 1. The van der Waals surface area contributed by atoms with E-state index in [1.54, 1.807) is 13.8 Å². The summed E-state index contributed by atoms with van der Waals surface area (Å²) in [6.07, 6.45) is 0. The third kappa shape index (κ3) is 4.54. The molecule has 0 bridgehead atoms. The second-order valence-electron chi connectivity index (χ2n) is 5.27. The molecule has 24 heavy (non-hydrogen) atoms. The number of hydrogen-bond donors (Lipinski definition) is 1. The fourth-order valence-electron chi connectivity index (χ4n) is 1.91. The number of nitro groups is 1. The molecule has 10 heteroatoms. The molecular formula is C14H20ClN2O6P. The van der Waals surface area contributed by atoms with Crippen LogP contribution in [0, 0.1) is 10.1 Å². The summed E-state index contributed by atoms with van der Waals surface area (Å²) < 4.78 is 23.3. The van der Waals surface area contributed by atoms with Crippen LogP contribution in [0.3, 0.4) is 0 Å². The SMILES string of the molecule is CCOP(=O)(OCC)C(C)(C)NC(=O)c1ccc(Cl)c([N+](=O)[O-])c1. The summed E-state index contributed by atoms with van der Waals surface area (Å²) in [7, 11) is -3.63. The molecule has 1 amide bonds. The highest BCUT2D eigenvalue weighted by molar-refractivity contribution is 7.55. The largest absolute Gasteiger partial charge is 0.355 e. The van der Waals surface area contributed by atoms with Gasteiger partial charge in [-0.3, -0.25) is 19.5 Å². The lowest BCUT2D eigenvalue weighted by molar-refractivity contribution is -0.384. The molecule has 0 spiro atoms. The van der Waals surface area contributed by atoms with Crippen LogP contribution in [-0.4, -0.2) is 29.3 Å². The number of rotatable bonds is 8. The first-order chi connectivity index (χ1) is 11.1. The zero-order valence-corrected chi connectivity index (χ0v) is 15.5. The van der Waals surface area contributed by atoms with E-state index in [4.69, 9.17) is 20.6 Å². The van der Waals surface area contributed by atoms with Gasteiger partial charge in [0.15, 0.2) is 0 Å². The van der Waals surface area contributed by atoms with E-state index in [1.165, 1.54) is 26.0 Å². The smallest absolute Gasteiger partial charge is 0.336 e. The number of nitrogens with zero attached hydrogens (tertiary/aromatic N) is 1. The Bertz CT molecular complexity index is 669. The van der Waals surface area contributed by atoms with E-state index in [0.717, 1.165) is 6.07 Å². The van der Waals surface area contributed by atoms with Crippen LogP contribution < -0.4 is 5.32 Å². The summed E-state index contributed by atoms with van der Waals surface area (Å²) in [5.74, 6) is -0.653. The minimum atomic E-state index is -3.63. The average molecular weight is 379 g/mol. The quantitative estimate of drug-likeness (QED) is 0.416. The Morgan fingerprint density at radius 1 is 1.33 bits per heavy atom. The van der Waals surface area contributed by atoms with Gasteiger partial charge in [-0.2, -0.15) is 0 Å². The standard InChI is InChI=1S/C14H20ClN2O6P/c1-5-22-24(21,23-6-2)14(3,4)16-13(18)10-7-8-11(15)12(9-10)17(19)20/h7-9H,5-6H2,1-4H3,(H,16,18). The van der Waals surface area contributed by atoms with E-state index in [2.05, 4.69) is 5.32 Å². The Morgan fingerprint density at radius 2 is 1.88 bits per heavy atom. The van der Waals surface area contributed by atoms with Crippen molar-refractivity contribution in [2.45, 2.75) is 33.0 Å². The molecule has 1 aromatic carbocycles. The first-order valence-electron chi connectivity index (χ1n) is 7.23. The number of benzene rings is 1. The van der Waals surface area contributed by atoms with Gasteiger partial charge in [0, 0.05) is 11.6 Å². The van der Waals surface area contributed by atoms with E-state index < -0.39 is 23.7 Å². The number of halogens is 1. The van der Waals surface area contributed by atoms with Gasteiger partial charge >= 0.3 is 7.60 Å². The lowest BCUT2D eigenvalue weighted by atomic mass is 10.2. The maximum Gasteiger partial charge on any atom is 0.355 e. The zero-order valence-electron chi connectivity index (χ0n) is 13.9. The summed E-state index contributed by atoms with van der Waals surface area (Å²) in [6, 6.07) is 3.65. The van der Waals surface area contributed by atoms with Crippen molar-refractivity contribution < 1.29 is 23.3 Å². The molecule has 134 valence electrons. The second kappa shape index (κ2) is 8.07. The Kier molecular flexibility index (Phi) is 6.92. The summed E-state index contributed by atoms with van der Waals surface area (Å²) in [5.41, 5.74) is -0.376. The highest BCUT2D eigenvalue weighted by Crippen LogP contribution is 2.58. The molecule has 0 aliphatic carbocycles. The van der Waals surface area contributed by atoms with Gasteiger partial charge in [-0.25, -0.2) is 0 Å². The van der Waals surface area contributed by atoms with Crippen LogP contribution in [0.1, 0.15) is 38.1 Å². The first kappa shape index (κ1) is 20.6. The normalized spacial score (nSPS) is 12.0. The third-order valence-electron chi connectivity index (χ3n) is 3.11. The number of nitrogens with one attached hydrogen (secondary N) is 1. The van der Waals surface area contributed by atoms with Crippen molar-refractivity contribution in [1.82, 2.24) is 5.32 Å². The molecule has 8 nitrogen and oxygen atoms in total. The molecule has 0 saturated heterocycles. The topological polar surface area (TPSA) is 108 Å². The molecule has 0 radical (unpaired) electrons. The van der Waals surface area contributed by atoms with Crippen LogP contribution in [0.25, 0.3) is 0 Å². The monoisotopic (exact) mass is 378 g/mol. The lowest BCUT2D eigenvalue weighted by Crippen LogP contribution is -2.44.